The highest BCUT2D eigenvalue weighted by atomic mass is 35.5. The van der Waals surface area contributed by atoms with Gasteiger partial charge in [0, 0.05) is 0 Å². The molecule has 0 saturated heterocycles. The molecule has 0 aliphatic carbocycles. The van der Waals surface area contributed by atoms with E-state index in [1.165, 1.54) is 0 Å². The normalized spacial score (nSPS) is 14.1. The van der Waals surface area contributed by atoms with Crippen LogP contribution in [0.1, 0.15) is 25.5 Å². The van der Waals surface area contributed by atoms with Gasteiger partial charge in [0.2, 0.25) is 5.91 Å². The van der Waals surface area contributed by atoms with Crippen molar-refractivity contribution in [2.24, 2.45) is 11.7 Å². The summed E-state index contributed by atoms with van der Waals surface area (Å²) in [5, 5.41) is 9.77. The highest BCUT2D eigenvalue weighted by molar-refractivity contribution is 6.32. The molecule has 0 aliphatic heterocycles. The van der Waals surface area contributed by atoms with E-state index < -0.39 is 12.0 Å². The number of primary amides is 1. The third-order valence-corrected chi connectivity index (χ3v) is 2.71. The largest absolute Gasteiger partial charge is 0.491 e. The summed E-state index contributed by atoms with van der Waals surface area (Å²) in [6, 6.07) is 5.02. The number of aliphatic hydroxyl groups excluding tert-OH is 1. The number of halogens is 1. The summed E-state index contributed by atoms with van der Waals surface area (Å²) in [6.07, 6.45) is -0.578. The van der Waals surface area contributed by atoms with E-state index in [0.29, 0.717) is 16.3 Å². The quantitative estimate of drug-likeness (QED) is 0.846. The molecule has 1 amide bonds. The maximum Gasteiger partial charge on any atom is 0.223 e. The Hall–Kier alpha value is -1.26. The van der Waals surface area contributed by atoms with Crippen LogP contribution >= 0.6 is 11.6 Å². The monoisotopic (exact) mass is 257 g/mol. The topological polar surface area (TPSA) is 72.6 Å². The first kappa shape index (κ1) is 13.8. The highest BCUT2D eigenvalue weighted by Gasteiger charge is 2.11. The predicted octanol–water partition coefficient (Wildman–Crippen LogP) is 1.89. The maximum atomic E-state index is 10.8. The van der Waals surface area contributed by atoms with Crippen LogP contribution < -0.4 is 10.5 Å². The number of rotatable bonds is 5. The Morgan fingerprint density at radius 3 is 2.65 bits per heavy atom. The zero-order valence-corrected chi connectivity index (χ0v) is 10.6. The standard InChI is InChI=1S/C12H16ClNO3/c1-7(12(14)16)6-17-11-4-3-9(8(2)15)5-10(11)13/h3-5,7-8,15H,6H2,1-2H3,(H2,14,16)/t7?,8-/m0/s1. The lowest BCUT2D eigenvalue weighted by atomic mass is 10.1. The Kier molecular flexibility index (Phi) is 4.78. The average Bonchev–Trinajstić information content (AvgIpc) is 2.26. The SMILES string of the molecule is CC(COc1ccc([C@H](C)O)cc1Cl)C(N)=O. The molecule has 1 aromatic carbocycles. The van der Waals surface area contributed by atoms with Crippen molar-refractivity contribution in [1.82, 2.24) is 0 Å². The van der Waals surface area contributed by atoms with Gasteiger partial charge in [-0.3, -0.25) is 4.79 Å². The summed E-state index contributed by atoms with van der Waals surface area (Å²) in [5.41, 5.74) is 5.83. The van der Waals surface area contributed by atoms with Gasteiger partial charge >= 0.3 is 0 Å². The zero-order chi connectivity index (χ0) is 13.0. The number of hydrogen-bond donors (Lipinski definition) is 2. The fourth-order valence-electron chi connectivity index (χ4n) is 1.19. The van der Waals surface area contributed by atoms with E-state index in [4.69, 9.17) is 22.1 Å². The van der Waals surface area contributed by atoms with Gasteiger partial charge in [0.15, 0.2) is 0 Å². The summed E-state index contributed by atoms with van der Waals surface area (Å²) < 4.78 is 5.38. The Labute approximate surface area is 105 Å². The zero-order valence-electron chi connectivity index (χ0n) is 9.81. The first-order chi connectivity index (χ1) is 7.91. The molecule has 3 N–H and O–H groups in total. The molecular weight excluding hydrogens is 242 g/mol. The molecule has 1 unspecified atom stereocenters. The first-order valence-corrected chi connectivity index (χ1v) is 5.69. The molecule has 0 saturated carbocycles. The second-order valence-electron chi connectivity index (χ2n) is 3.98. The Bertz CT molecular complexity index is 407. The molecule has 0 fully saturated rings. The van der Waals surface area contributed by atoms with Crippen LogP contribution in [0.4, 0.5) is 0 Å². The van der Waals surface area contributed by atoms with Crippen molar-refractivity contribution in [3.8, 4) is 5.75 Å². The first-order valence-electron chi connectivity index (χ1n) is 5.31. The van der Waals surface area contributed by atoms with Gasteiger partial charge in [-0.25, -0.2) is 0 Å². The van der Waals surface area contributed by atoms with Gasteiger partial charge in [0.05, 0.1) is 23.7 Å². The smallest absolute Gasteiger partial charge is 0.223 e. The molecule has 4 nitrogen and oxygen atoms in total. The van der Waals surface area contributed by atoms with E-state index in [0.717, 1.165) is 0 Å². The summed E-state index contributed by atoms with van der Waals surface area (Å²) in [5.74, 6) is -0.312. The number of hydrogen-bond acceptors (Lipinski definition) is 3. The van der Waals surface area contributed by atoms with Crippen LogP contribution in [0.3, 0.4) is 0 Å². The number of carbonyl (C=O) groups excluding carboxylic acids is 1. The minimum Gasteiger partial charge on any atom is -0.491 e. The molecule has 0 spiro atoms. The molecule has 0 radical (unpaired) electrons. The van der Waals surface area contributed by atoms with Gasteiger partial charge in [-0.2, -0.15) is 0 Å². The fraction of sp³-hybridized carbons (Fsp3) is 0.417. The summed E-state index contributed by atoms with van der Waals surface area (Å²) >= 11 is 5.98. The van der Waals surface area contributed by atoms with E-state index in [1.54, 1.807) is 32.0 Å². The molecule has 94 valence electrons. The van der Waals surface area contributed by atoms with Crippen LogP contribution in [0.15, 0.2) is 18.2 Å². The maximum absolute atomic E-state index is 10.8. The summed E-state index contributed by atoms with van der Waals surface area (Å²) in [6.45, 7) is 3.52. The van der Waals surface area contributed by atoms with Crippen LogP contribution in [0, 0.1) is 5.92 Å². The number of nitrogens with two attached hydrogens (primary N) is 1. The van der Waals surface area contributed by atoms with Crippen LogP contribution in [-0.4, -0.2) is 17.6 Å². The van der Waals surface area contributed by atoms with E-state index in [9.17, 15) is 9.90 Å². The second-order valence-corrected chi connectivity index (χ2v) is 4.39. The fourth-order valence-corrected chi connectivity index (χ4v) is 1.43. The van der Waals surface area contributed by atoms with Crippen molar-refractivity contribution < 1.29 is 14.6 Å². The lowest BCUT2D eigenvalue weighted by Gasteiger charge is -2.12. The second kappa shape index (κ2) is 5.89. The Morgan fingerprint density at radius 2 is 2.18 bits per heavy atom. The predicted molar refractivity (Wildman–Crippen MR) is 65.9 cm³/mol. The number of carbonyl (C=O) groups is 1. The van der Waals surface area contributed by atoms with Crippen molar-refractivity contribution in [3.05, 3.63) is 28.8 Å². The number of amides is 1. The van der Waals surface area contributed by atoms with Crippen molar-refractivity contribution in [3.63, 3.8) is 0 Å². The molecule has 0 bridgehead atoms. The highest BCUT2D eigenvalue weighted by Crippen LogP contribution is 2.28. The lowest BCUT2D eigenvalue weighted by molar-refractivity contribution is -0.122. The van der Waals surface area contributed by atoms with Crippen LogP contribution in [-0.2, 0) is 4.79 Å². The molecule has 1 rings (SSSR count). The molecular formula is C12H16ClNO3. The molecule has 0 aliphatic rings. The van der Waals surface area contributed by atoms with E-state index >= 15 is 0 Å². The Balaban J connectivity index is 2.70. The van der Waals surface area contributed by atoms with E-state index in [1.807, 2.05) is 0 Å². The average molecular weight is 258 g/mol. The van der Waals surface area contributed by atoms with Crippen molar-refractivity contribution in [2.45, 2.75) is 20.0 Å². The molecule has 5 heteroatoms. The van der Waals surface area contributed by atoms with Crippen molar-refractivity contribution in [2.75, 3.05) is 6.61 Å². The summed E-state index contributed by atoms with van der Waals surface area (Å²) in [4.78, 5) is 10.8. The van der Waals surface area contributed by atoms with Gasteiger partial charge in [0.1, 0.15) is 5.75 Å². The molecule has 1 aromatic rings. The van der Waals surface area contributed by atoms with Gasteiger partial charge in [0.25, 0.3) is 0 Å². The molecule has 2 atom stereocenters. The number of benzene rings is 1. The van der Waals surface area contributed by atoms with Crippen LogP contribution in [0.5, 0.6) is 5.75 Å². The minimum atomic E-state index is -0.578. The number of aliphatic hydroxyl groups is 1. The summed E-state index contributed by atoms with van der Waals surface area (Å²) in [7, 11) is 0. The van der Waals surface area contributed by atoms with Crippen molar-refractivity contribution in [1.29, 1.82) is 0 Å². The van der Waals surface area contributed by atoms with Crippen LogP contribution in [0.25, 0.3) is 0 Å². The molecule has 0 aromatic heterocycles. The van der Waals surface area contributed by atoms with E-state index in [-0.39, 0.29) is 12.5 Å². The van der Waals surface area contributed by atoms with Gasteiger partial charge in [-0.1, -0.05) is 24.6 Å². The Morgan fingerprint density at radius 1 is 1.53 bits per heavy atom. The minimum absolute atomic E-state index is 0.184. The van der Waals surface area contributed by atoms with Gasteiger partial charge < -0.3 is 15.6 Å². The molecule has 17 heavy (non-hydrogen) atoms. The van der Waals surface area contributed by atoms with Crippen LogP contribution in [0.2, 0.25) is 5.02 Å². The third kappa shape index (κ3) is 3.91. The van der Waals surface area contributed by atoms with Gasteiger partial charge in [-0.15, -0.1) is 0 Å². The lowest BCUT2D eigenvalue weighted by Crippen LogP contribution is -2.25. The van der Waals surface area contributed by atoms with Gasteiger partial charge in [-0.05, 0) is 24.6 Å². The van der Waals surface area contributed by atoms with Crippen molar-refractivity contribution >= 4 is 17.5 Å². The third-order valence-electron chi connectivity index (χ3n) is 2.41. The number of ether oxygens (including phenoxy) is 1. The molecule has 0 heterocycles. The van der Waals surface area contributed by atoms with E-state index in [2.05, 4.69) is 0 Å².